The highest BCUT2D eigenvalue weighted by Gasteiger charge is 2.28. The summed E-state index contributed by atoms with van der Waals surface area (Å²) in [5.41, 5.74) is 3.09. The van der Waals surface area contributed by atoms with Crippen molar-refractivity contribution in [2.45, 2.75) is 19.9 Å². The summed E-state index contributed by atoms with van der Waals surface area (Å²) in [6.07, 6.45) is 4.79. The number of benzene rings is 1. The van der Waals surface area contributed by atoms with Gasteiger partial charge in [-0.25, -0.2) is 4.98 Å². The maximum Gasteiger partial charge on any atom is 0.254 e. The fraction of sp³-hybridized carbons (Fsp3) is 0.300. The zero-order valence-electron chi connectivity index (χ0n) is 15.5. The lowest BCUT2D eigenvalue weighted by Gasteiger charge is -2.41. The Morgan fingerprint density at radius 3 is 2.52 bits per heavy atom. The lowest BCUT2D eigenvalue weighted by Crippen LogP contribution is -2.54. The van der Waals surface area contributed by atoms with Crippen molar-refractivity contribution in [3.05, 3.63) is 66.4 Å². The van der Waals surface area contributed by atoms with Crippen LogP contribution in [0.3, 0.4) is 0 Å². The molecule has 1 aromatic carbocycles. The predicted octanol–water partition coefficient (Wildman–Crippen LogP) is 2.32. The van der Waals surface area contributed by atoms with E-state index in [-0.39, 0.29) is 11.9 Å². The van der Waals surface area contributed by atoms with Crippen molar-refractivity contribution in [2.75, 3.05) is 24.5 Å². The van der Waals surface area contributed by atoms with E-state index >= 15 is 0 Å². The maximum atomic E-state index is 13.1. The van der Waals surface area contributed by atoms with E-state index in [2.05, 4.69) is 58.2 Å². The van der Waals surface area contributed by atoms with Crippen molar-refractivity contribution in [3.63, 3.8) is 0 Å². The molecule has 3 heterocycles. The SMILES string of the molecule is Cc1ccc(N2CCN(C(=O)c3ccnc(-n4cnnc4)c3)[C@@H](C)C2)cc1. The van der Waals surface area contributed by atoms with Gasteiger partial charge in [-0.3, -0.25) is 9.36 Å². The summed E-state index contributed by atoms with van der Waals surface area (Å²) < 4.78 is 1.69. The Morgan fingerprint density at radius 2 is 1.81 bits per heavy atom. The van der Waals surface area contributed by atoms with Gasteiger partial charge in [0, 0.05) is 43.1 Å². The van der Waals surface area contributed by atoms with Gasteiger partial charge in [-0.05, 0) is 38.1 Å². The van der Waals surface area contributed by atoms with Crippen LogP contribution in [0.2, 0.25) is 0 Å². The van der Waals surface area contributed by atoms with Crippen LogP contribution in [-0.2, 0) is 0 Å². The molecule has 1 aliphatic rings. The first-order valence-electron chi connectivity index (χ1n) is 9.05. The highest BCUT2D eigenvalue weighted by Crippen LogP contribution is 2.21. The van der Waals surface area contributed by atoms with Crippen LogP contribution in [0.1, 0.15) is 22.8 Å². The Bertz CT molecular complexity index is 922. The number of rotatable bonds is 3. The molecule has 0 radical (unpaired) electrons. The second-order valence-corrected chi connectivity index (χ2v) is 6.90. The van der Waals surface area contributed by atoms with E-state index in [1.165, 1.54) is 11.3 Å². The van der Waals surface area contributed by atoms with Crippen LogP contribution in [0.25, 0.3) is 5.82 Å². The van der Waals surface area contributed by atoms with E-state index in [9.17, 15) is 4.79 Å². The topological polar surface area (TPSA) is 67.2 Å². The van der Waals surface area contributed by atoms with Gasteiger partial charge in [0.25, 0.3) is 5.91 Å². The highest BCUT2D eigenvalue weighted by atomic mass is 16.2. The second-order valence-electron chi connectivity index (χ2n) is 6.90. The summed E-state index contributed by atoms with van der Waals surface area (Å²) in [6, 6.07) is 12.2. The molecule has 0 spiro atoms. The van der Waals surface area contributed by atoms with Gasteiger partial charge < -0.3 is 9.80 Å². The number of pyridine rings is 1. The molecular formula is C20H22N6O. The number of anilines is 1. The van der Waals surface area contributed by atoms with Crippen LogP contribution >= 0.6 is 0 Å². The molecule has 4 rings (SSSR count). The average Bonchev–Trinajstić information content (AvgIpc) is 3.23. The average molecular weight is 362 g/mol. The molecule has 1 aliphatic heterocycles. The number of amides is 1. The van der Waals surface area contributed by atoms with E-state index in [0.717, 1.165) is 13.1 Å². The standard InChI is InChI=1S/C20H22N6O/c1-15-3-5-18(6-4-15)24-9-10-26(16(2)12-24)20(27)17-7-8-21-19(11-17)25-13-22-23-14-25/h3-8,11,13-14,16H,9-10,12H2,1-2H3/t16-/m0/s1. The first kappa shape index (κ1) is 17.2. The third kappa shape index (κ3) is 3.53. The normalized spacial score (nSPS) is 17.2. The molecule has 1 saturated heterocycles. The molecule has 0 bridgehead atoms. The molecule has 7 nitrogen and oxygen atoms in total. The third-order valence-electron chi connectivity index (χ3n) is 4.96. The Labute approximate surface area is 158 Å². The van der Waals surface area contributed by atoms with Gasteiger partial charge in [0.1, 0.15) is 18.5 Å². The number of aryl methyl sites for hydroxylation is 1. The summed E-state index contributed by atoms with van der Waals surface area (Å²) >= 11 is 0. The maximum absolute atomic E-state index is 13.1. The van der Waals surface area contributed by atoms with Crippen LogP contribution in [0.5, 0.6) is 0 Å². The minimum atomic E-state index is 0.0304. The van der Waals surface area contributed by atoms with Crippen molar-refractivity contribution in [1.82, 2.24) is 24.6 Å². The molecule has 7 heteroatoms. The number of piperazine rings is 1. The van der Waals surface area contributed by atoms with Gasteiger partial charge >= 0.3 is 0 Å². The lowest BCUT2D eigenvalue weighted by atomic mass is 10.1. The lowest BCUT2D eigenvalue weighted by molar-refractivity contribution is 0.0674. The van der Waals surface area contributed by atoms with Gasteiger partial charge in [0.2, 0.25) is 0 Å². The number of carbonyl (C=O) groups excluding carboxylic acids is 1. The van der Waals surface area contributed by atoms with E-state index in [4.69, 9.17) is 0 Å². The van der Waals surface area contributed by atoms with E-state index in [1.54, 1.807) is 35.6 Å². The molecule has 1 fully saturated rings. The Balaban J connectivity index is 1.49. The molecule has 27 heavy (non-hydrogen) atoms. The van der Waals surface area contributed by atoms with Crippen molar-refractivity contribution in [1.29, 1.82) is 0 Å². The third-order valence-corrected chi connectivity index (χ3v) is 4.96. The number of hydrogen-bond donors (Lipinski definition) is 0. The molecule has 0 aliphatic carbocycles. The summed E-state index contributed by atoms with van der Waals surface area (Å²) in [6.45, 7) is 6.52. The van der Waals surface area contributed by atoms with Gasteiger partial charge in [-0.15, -0.1) is 10.2 Å². The van der Waals surface area contributed by atoms with Crippen molar-refractivity contribution in [2.24, 2.45) is 0 Å². The van der Waals surface area contributed by atoms with Crippen LogP contribution in [0, 0.1) is 6.92 Å². The first-order valence-corrected chi connectivity index (χ1v) is 9.05. The first-order chi connectivity index (χ1) is 13.1. The molecule has 138 valence electrons. The Morgan fingerprint density at radius 1 is 1.07 bits per heavy atom. The van der Waals surface area contributed by atoms with Gasteiger partial charge in [-0.1, -0.05) is 17.7 Å². The van der Waals surface area contributed by atoms with Crippen LogP contribution in [0.15, 0.2) is 55.2 Å². The van der Waals surface area contributed by atoms with Gasteiger partial charge in [-0.2, -0.15) is 0 Å². The van der Waals surface area contributed by atoms with Gasteiger partial charge in [0.15, 0.2) is 0 Å². The highest BCUT2D eigenvalue weighted by molar-refractivity contribution is 5.95. The molecule has 0 unspecified atom stereocenters. The summed E-state index contributed by atoms with van der Waals surface area (Å²) in [5, 5.41) is 7.58. The quantitative estimate of drug-likeness (QED) is 0.715. The fourth-order valence-corrected chi connectivity index (χ4v) is 3.43. The zero-order valence-corrected chi connectivity index (χ0v) is 15.5. The Kier molecular flexibility index (Phi) is 4.58. The number of hydrogen-bond acceptors (Lipinski definition) is 5. The van der Waals surface area contributed by atoms with Crippen molar-refractivity contribution in [3.8, 4) is 5.82 Å². The summed E-state index contributed by atoms with van der Waals surface area (Å²) in [4.78, 5) is 21.6. The van der Waals surface area contributed by atoms with Crippen LogP contribution < -0.4 is 4.90 Å². The van der Waals surface area contributed by atoms with Crippen LogP contribution in [0.4, 0.5) is 5.69 Å². The molecule has 2 aromatic heterocycles. The monoisotopic (exact) mass is 362 g/mol. The molecule has 1 atom stereocenters. The second kappa shape index (κ2) is 7.19. The van der Waals surface area contributed by atoms with Crippen molar-refractivity contribution >= 4 is 11.6 Å². The van der Waals surface area contributed by atoms with Crippen LogP contribution in [-0.4, -0.2) is 56.2 Å². The fourth-order valence-electron chi connectivity index (χ4n) is 3.43. The van der Waals surface area contributed by atoms with Gasteiger partial charge in [0.05, 0.1) is 0 Å². The Hall–Kier alpha value is -3.22. The minimum absolute atomic E-state index is 0.0304. The number of aromatic nitrogens is 4. The van der Waals surface area contributed by atoms with Crippen molar-refractivity contribution < 1.29 is 4.79 Å². The number of carbonyl (C=O) groups is 1. The summed E-state index contributed by atoms with van der Waals surface area (Å²) in [7, 11) is 0. The number of nitrogens with zero attached hydrogens (tertiary/aromatic N) is 6. The predicted molar refractivity (Wildman–Crippen MR) is 103 cm³/mol. The summed E-state index contributed by atoms with van der Waals surface area (Å²) in [5.74, 6) is 0.666. The van der Waals surface area contributed by atoms with E-state index in [0.29, 0.717) is 17.9 Å². The van der Waals surface area contributed by atoms with E-state index < -0.39 is 0 Å². The molecule has 0 saturated carbocycles. The largest absolute Gasteiger partial charge is 0.368 e. The molecule has 0 N–H and O–H groups in total. The smallest absolute Gasteiger partial charge is 0.254 e. The van der Waals surface area contributed by atoms with E-state index in [1.807, 2.05) is 4.90 Å². The zero-order chi connectivity index (χ0) is 18.8. The molecular weight excluding hydrogens is 340 g/mol. The molecule has 3 aromatic rings. The minimum Gasteiger partial charge on any atom is -0.368 e. The molecule has 1 amide bonds.